The van der Waals surface area contributed by atoms with E-state index >= 15 is 0 Å². The van der Waals surface area contributed by atoms with Crippen LogP contribution in [-0.4, -0.2) is 18.1 Å². The Morgan fingerprint density at radius 2 is 2.30 bits per heavy atom. The summed E-state index contributed by atoms with van der Waals surface area (Å²) in [6.07, 6.45) is 0.880. The van der Waals surface area contributed by atoms with Crippen LogP contribution in [0.4, 0.5) is 0 Å². The average Bonchev–Trinajstić information content (AvgIpc) is 2.11. The van der Waals surface area contributed by atoms with Crippen LogP contribution in [0.5, 0.6) is 0 Å². The molecule has 6 heteroatoms. The number of hydrogen-bond donors (Lipinski definition) is 1. The van der Waals surface area contributed by atoms with Crippen molar-refractivity contribution in [2.75, 3.05) is 0 Å². The maximum absolute atomic E-state index is 10.4. The quantitative estimate of drug-likeness (QED) is 0.599. The van der Waals surface area contributed by atoms with Gasteiger partial charge in [0.05, 0.1) is 0 Å². The Bertz CT molecular complexity index is 325. The lowest BCUT2D eigenvalue weighted by Crippen LogP contribution is -1.97. The SMILES string of the molecule is Cc1nocc1S(=O)(=O)O. The molecule has 0 aliphatic heterocycles. The van der Waals surface area contributed by atoms with E-state index in [0.29, 0.717) is 0 Å². The zero-order chi connectivity index (χ0) is 7.78. The summed E-state index contributed by atoms with van der Waals surface area (Å²) < 4.78 is 33.5. The minimum absolute atomic E-state index is 0.155. The van der Waals surface area contributed by atoms with Gasteiger partial charge in [0.25, 0.3) is 10.1 Å². The molecular formula is C4H5NO4S. The van der Waals surface area contributed by atoms with Gasteiger partial charge in [-0.05, 0) is 6.92 Å². The largest absolute Gasteiger partial charge is 0.363 e. The first-order valence-corrected chi connectivity index (χ1v) is 3.84. The molecule has 0 bridgehead atoms. The fraction of sp³-hybridized carbons (Fsp3) is 0.250. The second kappa shape index (κ2) is 2.06. The molecule has 0 saturated heterocycles. The van der Waals surface area contributed by atoms with Gasteiger partial charge in [-0.2, -0.15) is 8.42 Å². The van der Waals surface area contributed by atoms with Gasteiger partial charge in [-0.15, -0.1) is 0 Å². The third-order valence-corrected chi connectivity index (χ3v) is 1.93. The highest BCUT2D eigenvalue weighted by molar-refractivity contribution is 7.85. The van der Waals surface area contributed by atoms with Crippen LogP contribution < -0.4 is 0 Å². The van der Waals surface area contributed by atoms with Crippen LogP contribution in [-0.2, 0) is 10.1 Å². The molecule has 0 aliphatic rings. The van der Waals surface area contributed by atoms with E-state index in [1.165, 1.54) is 6.92 Å². The lowest BCUT2D eigenvalue weighted by atomic mass is 10.5. The second-order valence-electron chi connectivity index (χ2n) is 1.74. The molecule has 0 atom stereocenters. The van der Waals surface area contributed by atoms with Gasteiger partial charge in [-0.25, -0.2) is 0 Å². The van der Waals surface area contributed by atoms with Crippen LogP contribution >= 0.6 is 0 Å². The van der Waals surface area contributed by atoms with Crippen LogP contribution in [0.3, 0.4) is 0 Å². The average molecular weight is 163 g/mol. The molecule has 5 nitrogen and oxygen atoms in total. The topological polar surface area (TPSA) is 80.4 Å². The highest BCUT2D eigenvalue weighted by atomic mass is 32.2. The van der Waals surface area contributed by atoms with E-state index in [4.69, 9.17) is 4.55 Å². The summed E-state index contributed by atoms with van der Waals surface area (Å²) in [4.78, 5) is -0.285. The van der Waals surface area contributed by atoms with E-state index in [9.17, 15) is 8.42 Å². The lowest BCUT2D eigenvalue weighted by Gasteiger charge is -1.87. The molecule has 1 heterocycles. The molecule has 56 valence electrons. The van der Waals surface area contributed by atoms with Gasteiger partial charge in [0, 0.05) is 0 Å². The molecule has 0 spiro atoms. The summed E-state index contributed by atoms with van der Waals surface area (Å²) >= 11 is 0. The van der Waals surface area contributed by atoms with Crippen molar-refractivity contribution < 1.29 is 17.5 Å². The molecule has 1 aromatic rings. The first-order valence-electron chi connectivity index (χ1n) is 2.40. The zero-order valence-electron chi connectivity index (χ0n) is 5.10. The van der Waals surface area contributed by atoms with Gasteiger partial charge < -0.3 is 4.52 Å². The van der Waals surface area contributed by atoms with Crippen molar-refractivity contribution in [2.45, 2.75) is 11.8 Å². The summed E-state index contributed by atoms with van der Waals surface area (Å²) in [5, 5.41) is 3.27. The molecule has 1 aromatic heterocycles. The number of hydrogen-bond acceptors (Lipinski definition) is 4. The molecule has 0 fully saturated rings. The van der Waals surface area contributed by atoms with Crippen LogP contribution in [0.1, 0.15) is 5.69 Å². The van der Waals surface area contributed by atoms with Crippen molar-refractivity contribution in [3.8, 4) is 0 Å². The smallest absolute Gasteiger partial charge is 0.299 e. The van der Waals surface area contributed by atoms with Crippen molar-refractivity contribution in [2.24, 2.45) is 0 Å². The lowest BCUT2D eigenvalue weighted by molar-refractivity contribution is 0.412. The molecule has 1 rings (SSSR count). The number of nitrogens with zero attached hydrogens (tertiary/aromatic N) is 1. The summed E-state index contributed by atoms with van der Waals surface area (Å²) in [6.45, 7) is 1.42. The maximum Gasteiger partial charge on any atom is 0.299 e. The van der Waals surface area contributed by atoms with Gasteiger partial charge in [-0.1, -0.05) is 5.16 Å². The van der Waals surface area contributed by atoms with Crippen LogP contribution in [0.25, 0.3) is 0 Å². The molecule has 0 saturated carbocycles. The Morgan fingerprint density at radius 3 is 2.50 bits per heavy atom. The van der Waals surface area contributed by atoms with Crippen molar-refractivity contribution >= 4 is 10.1 Å². The summed E-state index contributed by atoms with van der Waals surface area (Å²) in [5.41, 5.74) is 0.155. The highest BCUT2D eigenvalue weighted by Crippen LogP contribution is 2.11. The number of aromatic nitrogens is 1. The third-order valence-electron chi connectivity index (χ3n) is 0.984. The van der Waals surface area contributed by atoms with E-state index in [1.54, 1.807) is 0 Å². The van der Waals surface area contributed by atoms with Gasteiger partial charge in [-0.3, -0.25) is 4.55 Å². The predicted octanol–water partition coefficient (Wildman–Crippen LogP) is 0.230. The minimum atomic E-state index is -4.15. The van der Waals surface area contributed by atoms with Crippen LogP contribution in [0, 0.1) is 6.92 Å². The fourth-order valence-corrected chi connectivity index (χ4v) is 1.11. The molecular weight excluding hydrogens is 158 g/mol. The fourth-order valence-electron chi connectivity index (χ4n) is 0.531. The Labute approximate surface area is 57.4 Å². The molecule has 0 amide bonds. The minimum Gasteiger partial charge on any atom is -0.363 e. The van der Waals surface area contributed by atoms with E-state index < -0.39 is 10.1 Å². The van der Waals surface area contributed by atoms with Crippen LogP contribution in [0.2, 0.25) is 0 Å². The van der Waals surface area contributed by atoms with Crippen molar-refractivity contribution in [3.63, 3.8) is 0 Å². The Balaban J connectivity index is 3.32. The second-order valence-corrected chi connectivity index (χ2v) is 3.13. The first-order chi connectivity index (χ1) is 4.52. The van der Waals surface area contributed by atoms with Gasteiger partial charge in [0.15, 0.2) is 4.90 Å². The monoisotopic (exact) mass is 163 g/mol. The van der Waals surface area contributed by atoms with E-state index in [2.05, 4.69) is 9.68 Å². The van der Waals surface area contributed by atoms with E-state index in [0.717, 1.165) is 6.26 Å². The van der Waals surface area contributed by atoms with Crippen molar-refractivity contribution in [1.29, 1.82) is 0 Å². The first kappa shape index (κ1) is 7.23. The molecule has 1 N–H and O–H groups in total. The molecule has 0 radical (unpaired) electrons. The third kappa shape index (κ3) is 1.17. The van der Waals surface area contributed by atoms with Crippen molar-refractivity contribution in [1.82, 2.24) is 5.16 Å². The summed E-state index contributed by atoms with van der Waals surface area (Å²) in [5.74, 6) is 0. The van der Waals surface area contributed by atoms with E-state index in [1.807, 2.05) is 0 Å². The predicted molar refractivity (Wildman–Crippen MR) is 31.1 cm³/mol. The van der Waals surface area contributed by atoms with Gasteiger partial charge >= 0.3 is 0 Å². The molecule has 0 aromatic carbocycles. The molecule has 10 heavy (non-hydrogen) atoms. The summed E-state index contributed by atoms with van der Waals surface area (Å²) in [7, 11) is -4.15. The Hall–Kier alpha value is -0.880. The Morgan fingerprint density at radius 1 is 1.70 bits per heavy atom. The number of rotatable bonds is 1. The standard InChI is InChI=1S/C4H5NO4S/c1-3-4(2-9-5-3)10(6,7)8/h2H,1H3,(H,6,7,8). The maximum atomic E-state index is 10.4. The van der Waals surface area contributed by atoms with Crippen molar-refractivity contribution in [3.05, 3.63) is 12.0 Å². The van der Waals surface area contributed by atoms with E-state index in [-0.39, 0.29) is 10.6 Å². The molecule has 0 unspecified atom stereocenters. The zero-order valence-corrected chi connectivity index (χ0v) is 5.92. The summed E-state index contributed by atoms with van der Waals surface area (Å²) in [6, 6.07) is 0. The van der Waals surface area contributed by atoms with Gasteiger partial charge in [0.1, 0.15) is 12.0 Å². The highest BCUT2D eigenvalue weighted by Gasteiger charge is 2.15. The normalized spacial score (nSPS) is 11.8. The van der Waals surface area contributed by atoms with Gasteiger partial charge in [0.2, 0.25) is 0 Å². The molecule has 0 aliphatic carbocycles. The number of aryl methyl sites for hydroxylation is 1. The van der Waals surface area contributed by atoms with Crippen LogP contribution in [0.15, 0.2) is 15.7 Å². The Kier molecular flexibility index (Phi) is 1.49.